The summed E-state index contributed by atoms with van der Waals surface area (Å²) in [6, 6.07) is 0.461. The van der Waals surface area contributed by atoms with Crippen LogP contribution in [0, 0.1) is 6.92 Å². The van der Waals surface area contributed by atoms with Crippen LogP contribution in [0.25, 0.3) is 0 Å². The van der Waals surface area contributed by atoms with Crippen LogP contribution in [0.15, 0.2) is 12.4 Å². The van der Waals surface area contributed by atoms with Gasteiger partial charge in [-0.2, -0.15) is 0 Å². The Bertz CT molecular complexity index is 255. The van der Waals surface area contributed by atoms with Gasteiger partial charge in [0.15, 0.2) is 0 Å². The molecule has 0 aromatic carbocycles. The van der Waals surface area contributed by atoms with Gasteiger partial charge in [0, 0.05) is 12.4 Å². The van der Waals surface area contributed by atoms with Gasteiger partial charge in [-0.05, 0) is 19.9 Å². The van der Waals surface area contributed by atoms with Crippen molar-refractivity contribution in [1.29, 1.82) is 0 Å². The predicted octanol–water partition coefficient (Wildman–Crippen LogP) is 0.819. The van der Waals surface area contributed by atoms with Crippen molar-refractivity contribution in [3.05, 3.63) is 23.8 Å². The standard InChI is InChI=1S/C8H11N3/c1-6-4-9-5-8(11-6)7-2-3-10-7/h4-5,7,10H,2-3H2,1H3. The molecule has 1 aromatic rings. The lowest BCUT2D eigenvalue weighted by Gasteiger charge is -2.26. The van der Waals surface area contributed by atoms with Gasteiger partial charge in [-0.3, -0.25) is 9.97 Å². The molecule has 1 saturated heterocycles. The van der Waals surface area contributed by atoms with Crippen LogP contribution < -0.4 is 5.32 Å². The van der Waals surface area contributed by atoms with Gasteiger partial charge in [-0.25, -0.2) is 0 Å². The van der Waals surface area contributed by atoms with Gasteiger partial charge in [0.1, 0.15) is 0 Å². The fraction of sp³-hybridized carbons (Fsp3) is 0.500. The minimum atomic E-state index is 0.461. The third-order valence-electron chi connectivity index (χ3n) is 1.95. The summed E-state index contributed by atoms with van der Waals surface area (Å²) in [6.07, 6.45) is 4.81. The Kier molecular flexibility index (Phi) is 1.58. The van der Waals surface area contributed by atoms with Gasteiger partial charge < -0.3 is 5.32 Å². The fourth-order valence-corrected chi connectivity index (χ4v) is 1.19. The van der Waals surface area contributed by atoms with Crippen LogP contribution in [0.4, 0.5) is 0 Å². The van der Waals surface area contributed by atoms with E-state index in [-0.39, 0.29) is 0 Å². The number of nitrogens with one attached hydrogen (secondary N) is 1. The van der Waals surface area contributed by atoms with Crippen LogP contribution in [-0.4, -0.2) is 16.5 Å². The molecule has 1 aliphatic rings. The van der Waals surface area contributed by atoms with E-state index in [9.17, 15) is 0 Å². The highest BCUT2D eigenvalue weighted by Gasteiger charge is 2.19. The molecule has 0 bridgehead atoms. The van der Waals surface area contributed by atoms with Crippen molar-refractivity contribution in [1.82, 2.24) is 15.3 Å². The van der Waals surface area contributed by atoms with Gasteiger partial charge >= 0.3 is 0 Å². The first-order valence-electron chi connectivity index (χ1n) is 3.88. The molecule has 58 valence electrons. The van der Waals surface area contributed by atoms with Gasteiger partial charge in [0.25, 0.3) is 0 Å². The van der Waals surface area contributed by atoms with Crippen molar-refractivity contribution in [3.63, 3.8) is 0 Å². The second-order valence-electron chi connectivity index (χ2n) is 2.88. The minimum absolute atomic E-state index is 0.461. The SMILES string of the molecule is Cc1cncc(C2CCN2)n1. The molecule has 2 heterocycles. The van der Waals surface area contributed by atoms with E-state index in [2.05, 4.69) is 15.3 Å². The third kappa shape index (κ3) is 1.24. The highest BCUT2D eigenvalue weighted by Crippen LogP contribution is 2.19. The molecule has 0 aliphatic carbocycles. The molecule has 0 saturated carbocycles. The summed E-state index contributed by atoms with van der Waals surface area (Å²) in [7, 11) is 0. The number of hydrogen-bond donors (Lipinski definition) is 1. The molecule has 0 spiro atoms. The first-order chi connectivity index (χ1) is 5.36. The summed E-state index contributed by atoms with van der Waals surface area (Å²) in [5.74, 6) is 0. The number of aromatic nitrogens is 2. The molecule has 1 atom stereocenters. The summed E-state index contributed by atoms with van der Waals surface area (Å²) in [5, 5.41) is 3.29. The summed E-state index contributed by atoms with van der Waals surface area (Å²) in [4.78, 5) is 8.45. The normalized spacial score (nSPS) is 22.8. The largest absolute Gasteiger partial charge is 0.308 e. The molecule has 1 fully saturated rings. The average molecular weight is 149 g/mol. The van der Waals surface area contributed by atoms with Crippen LogP contribution in [-0.2, 0) is 0 Å². The lowest BCUT2D eigenvalue weighted by molar-refractivity contribution is 0.373. The molecule has 1 aliphatic heterocycles. The summed E-state index contributed by atoms with van der Waals surface area (Å²) in [6.45, 7) is 3.08. The zero-order chi connectivity index (χ0) is 7.68. The predicted molar refractivity (Wildman–Crippen MR) is 42.1 cm³/mol. The summed E-state index contributed by atoms with van der Waals surface area (Å²) < 4.78 is 0. The van der Waals surface area contributed by atoms with Gasteiger partial charge in [-0.15, -0.1) is 0 Å². The zero-order valence-corrected chi connectivity index (χ0v) is 6.54. The molecular weight excluding hydrogens is 138 g/mol. The van der Waals surface area contributed by atoms with E-state index in [1.54, 1.807) is 6.20 Å². The first kappa shape index (κ1) is 6.73. The van der Waals surface area contributed by atoms with Gasteiger partial charge in [0.2, 0.25) is 0 Å². The van der Waals surface area contributed by atoms with Crippen molar-refractivity contribution in [2.75, 3.05) is 6.54 Å². The molecular formula is C8H11N3. The molecule has 3 heteroatoms. The zero-order valence-electron chi connectivity index (χ0n) is 6.54. The van der Waals surface area contributed by atoms with Crippen molar-refractivity contribution < 1.29 is 0 Å². The third-order valence-corrected chi connectivity index (χ3v) is 1.95. The Morgan fingerprint density at radius 3 is 2.91 bits per heavy atom. The van der Waals surface area contributed by atoms with Crippen molar-refractivity contribution in [3.8, 4) is 0 Å². The van der Waals surface area contributed by atoms with Crippen molar-refractivity contribution in [2.24, 2.45) is 0 Å². The van der Waals surface area contributed by atoms with E-state index in [4.69, 9.17) is 0 Å². The Balaban J connectivity index is 2.23. The Hall–Kier alpha value is -0.960. The van der Waals surface area contributed by atoms with E-state index in [1.807, 2.05) is 13.1 Å². The van der Waals surface area contributed by atoms with E-state index >= 15 is 0 Å². The average Bonchev–Trinajstić information content (AvgIpc) is 1.83. The highest BCUT2D eigenvalue weighted by atomic mass is 15.0. The molecule has 3 nitrogen and oxygen atoms in total. The summed E-state index contributed by atoms with van der Waals surface area (Å²) >= 11 is 0. The lowest BCUT2D eigenvalue weighted by Crippen LogP contribution is -2.35. The van der Waals surface area contributed by atoms with Crippen LogP contribution >= 0.6 is 0 Å². The quantitative estimate of drug-likeness (QED) is 0.642. The van der Waals surface area contributed by atoms with E-state index in [0.29, 0.717) is 6.04 Å². The minimum Gasteiger partial charge on any atom is -0.308 e. The molecule has 0 radical (unpaired) electrons. The highest BCUT2D eigenvalue weighted by molar-refractivity contribution is 5.09. The fourth-order valence-electron chi connectivity index (χ4n) is 1.19. The molecule has 1 aromatic heterocycles. The molecule has 1 N–H and O–H groups in total. The maximum Gasteiger partial charge on any atom is 0.0759 e. The lowest BCUT2D eigenvalue weighted by atomic mass is 10.0. The van der Waals surface area contributed by atoms with E-state index < -0.39 is 0 Å². The van der Waals surface area contributed by atoms with Crippen LogP contribution in [0.1, 0.15) is 23.9 Å². The Morgan fingerprint density at radius 2 is 2.36 bits per heavy atom. The van der Waals surface area contributed by atoms with Crippen LogP contribution in [0.5, 0.6) is 0 Å². The maximum absolute atomic E-state index is 4.37. The topological polar surface area (TPSA) is 37.8 Å². The number of hydrogen-bond acceptors (Lipinski definition) is 3. The van der Waals surface area contributed by atoms with Crippen molar-refractivity contribution in [2.45, 2.75) is 19.4 Å². The maximum atomic E-state index is 4.37. The Labute approximate surface area is 65.9 Å². The van der Waals surface area contributed by atoms with E-state index in [0.717, 1.165) is 17.9 Å². The second-order valence-corrected chi connectivity index (χ2v) is 2.88. The second kappa shape index (κ2) is 2.58. The monoisotopic (exact) mass is 149 g/mol. The van der Waals surface area contributed by atoms with Crippen LogP contribution in [0.3, 0.4) is 0 Å². The smallest absolute Gasteiger partial charge is 0.0759 e. The molecule has 2 rings (SSSR count). The first-order valence-corrected chi connectivity index (χ1v) is 3.88. The Morgan fingerprint density at radius 1 is 1.55 bits per heavy atom. The molecule has 1 unspecified atom stereocenters. The van der Waals surface area contributed by atoms with Crippen molar-refractivity contribution >= 4 is 0 Å². The summed E-state index contributed by atoms with van der Waals surface area (Å²) in [5.41, 5.74) is 2.08. The van der Waals surface area contributed by atoms with Gasteiger partial charge in [0.05, 0.1) is 17.4 Å². The molecule has 0 amide bonds. The van der Waals surface area contributed by atoms with E-state index in [1.165, 1.54) is 6.42 Å². The number of nitrogens with zero attached hydrogens (tertiary/aromatic N) is 2. The number of aryl methyl sites for hydroxylation is 1. The van der Waals surface area contributed by atoms with Gasteiger partial charge in [-0.1, -0.05) is 0 Å². The number of rotatable bonds is 1. The van der Waals surface area contributed by atoms with Crippen LogP contribution in [0.2, 0.25) is 0 Å². The molecule has 11 heavy (non-hydrogen) atoms.